The molecule has 38 heavy (non-hydrogen) atoms. The molecule has 12 heteroatoms. The van der Waals surface area contributed by atoms with E-state index in [0.717, 1.165) is 53.5 Å². The van der Waals surface area contributed by atoms with E-state index in [-0.39, 0.29) is 26.5 Å². The molecule has 1 amide bonds. The van der Waals surface area contributed by atoms with Crippen molar-refractivity contribution in [3.05, 3.63) is 50.7 Å². The number of hydrogen-bond acceptors (Lipinski definition) is 8. The van der Waals surface area contributed by atoms with Gasteiger partial charge in [0, 0.05) is 15.8 Å². The summed E-state index contributed by atoms with van der Waals surface area (Å²) in [6, 6.07) is 7.77. The van der Waals surface area contributed by atoms with E-state index in [0.29, 0.717) is 27.6 Å². The fourth-order valence-corrected chi connectivity index (χ4v) is 6.85. The predicted molar refractivity (Wildman–Crippen MR) is 141 cm³/mol. The van der Waals surface area contributed by atoms with Gasteiger partial charge in [0.2, 0.25) is 0 Å². The van der Waals surface area contributed by atoms with Crippen molar-refractivity contribution in [1.29, 1.82) is 5.26 Å². The molecule has 7 nitrogen and oxygen atoms in total. The van der Waals surface area contributed by atoms with E-state index >= 15 is 0 Å². The zero-order chi connectivity index (χ0) is 27.2. The highest BCUT2D eigenvalue weighted by Crippen LogP contribution is 2.45. The molecular formula is C26H21F3N4O3S2. The summed E-state index contributed by atoms with van der Waals surface area (Å²) >= 11 is 2.09. The second-order valence-electron chi connectivity index (χ2n) is 8.62. The number of amides is 1. The maximum atomic E-state index is 14.2. The molecule has 4 aromatic rings. The molecule has 5 rings (SSSR count). The molecule has 3 heterocycles. The number of fused-ring (bicyclic) bond motifs is 2. The van der Waals surface area contributed by atoms with E-state index in [1.54, 1.807) is 12.1 Å². The van der Waals surface area contributed by atoms with Crippen LogP contribution in [0.2, 0.25) is 0 Å². The first-order valence-corrected chi connectivity index (χ1v) is 13.2. The van der Waals surface area contributed by atoms with Gasteiger partial charge in [0.15, 0.2) is 0 Å². The Morgan fingerprint density at radius 1 is 1.16 bits per heavy atom. The number of anilines is 2. The standard InChI is InChI=1S/C26H21F3N4O3S2/c1-35-12-7-8-18(36-2)14(9-12)17-10-16(26(27,28)29)20-21(31)22(38-25(20)32-17)23(34)33-24-15(11-30)13-5-3-4-6-19(13)37-24/h7-10H,3-6,31H2,1-2H3,(H,33,34). The Bertz CT molecular complexity index is 1620. The van der Waals surface area contributed by atoms with Gasteiger partial charge in [0.05, 0.1) is 36.7 Å². The number of pyridine rings is 1. The molecule has 0 radical (unpaired) electrons. The molecular weight excluding hydrogens is 537 g/mol. The number of nitrogens with two attached hydrogens (primary N) is 1. The first kappa shape index (κ1) is 25.8. The Morgan fingerprint density at radius 3 is 2.61 bits per heavy atom. The van der Waals surface area contributed by atoms with E-state index < -0.39 is 17.6 Å². The maximum Gasteiger partial charge on any atom is 0.417 e. The van der Waals surface area contributed by atoms with Gasteiger partial charge in [-0.25, -0.2) is 4.98 Å². The number of nitriles is 1. The second kappa shape index (κ2) is 9.81. The maximum absolute atomic E-state index is 14.2. The number of carbonyl (C=O) groups excluding carboxylic acids is 1. The summed E-state index contributed by atoms with van der Waals surface area (Å²) in [5.41, 5.74) is 6.44. The van der Waals surface area contributed by atoms with Crippen LogP contribution in [0.25, 0.3) is 21.5 Å². The molecule has 3 N–H and O–H groups in total. The first-order valence-electron chi connectivity index (χ1n) is 11.5. The van der Waals surface area contributed by atoms with Gasteiger partial charge in [-0.2, -0.15) is 18.4 Å². The minimum absolute atomic E-state index is 0.00789. The molecule has 0 bridgehead atoms. The molecule has 0 unspecified atom stereocenters. The lowest BCUT2D eigenvalue weighted by Crippen LogP contribution is -2.12. The van der Waals surface area contributed by atoms with E-state index in [4.69, 9.17) is 15.2 Å². The number of aryl methyl sites for hydroxylation is 1. The minimum Gasteiger partial charge on any atom is -0.497 e. The fraction of sp³-hybridized carbons (Fsp3) is 0.269. The van der Waals surface area contributed by atoms with Crippen LogP contribution in [0.1, 0.15) is 44.1 Å². The number of carbonyl (C=O) groups is 1. The molecule has 0 saturated carbocycles. The molecule has 1 aromatic carbocycles. The van der Waals surface area contributed by atoms with Gasteiger partial charge in [-0.05, 0) is 55.5 Å². The van der Waals surface area contributed by atoms with Crippen molar-refractivity contribution in [2.24, 2.45) is 0 Å². The Balaban J connectivity index is 1.63. The number of ether oxygens (including phenoxy) is 2. The van der Waals surface area contributed by atoms with Gasteiger partial charge in [-0.3, -0.25) is 4.79 Å². The number of alkyl halides is 3. The summed E-state index contributed by atoms with van der Waals surface area (Å²) in [6.07, 6.45) is -1.23. The third-order valence-electron chi connectivity index (χ3n) is 6.40. The summed E-state index contributed by atoms with van der Waals surface area (Å²) < 4.78 is 53.3. The quantitative estimate of drug-likeness (QED) is 0.284. The van der Waals surface area contributed by atoms with Gasteiger partial charge in [-0.15, -0.1) is 22.7 Å². The summed E-state index contributed by atoms with van der Waals surface area (Å²) in [7, 11) is 2.84. The largest absolute Gasteiger partial charge is 0.497 e. The van der Waals surface area contributed by atoms with Crippen LogP contribution in [0.3, 0.4) is 0 Å². The van der Waals surface area contributed by atoms with Crippen molar-refractivity contribution < 1.29 is 27.4 Å². The number of methoxy groups -OCH3 is 2. The van der Waals surface area contributed by atoms with Crippen molar-refractivity contribution >= 4 is 49.5 Å². The second-order valence-corrected chi connectivity index (χ2v) is 10.7. The van der Waals surface area contributed by atoms with Gasteiger partial charge in [0.1, 0.15) is 32.3 Å². The van der Waals surface area contributed by atoms with Crippen molar-refractivity contribution in [3.63, 3.8) is 0 Å². The molecule has 196 valence electrons. The summed E-state index contributed by atoms with van der Waals surface area (Å²) in [5.74, 6) is 0.0298. The summed E-state index contributed by atoms with van der Waals surface area (Å²) in [6.45, 7) is 0. The van der Waals surface area contributed by atoms with E-state index in [1.807, 2.05) is 0 Å². The number of nitrogens with zero attached hydrogens (tertiary/aromatic N) is 2. The molecule has 0 spiro atoms. The van der Waals surface area contributed by atoms with Crippen LogP contribution in [0.5, 0.6) is 11.5 Å². The average molecular weight is 559 g/mol. The van der Waals surface area contributed by atoms with E-state index in [1.165, 1.54) is 31.6 Å². The van der Waals surface area contributed by atoms with Crippen LogP contribution in [-0.4, -0.2) is 25.1 Å². The highest BCUT2D eigenvalue weighted by Gasteiger charge is 2.37. The number of aromatic nitrogens is 1. The van der Waals surface area contributed by atoms with E-state index in [2.05, 4.69) is 16.4 Å². The Labute approximate surface area is 223 Å². The Morgan fingerprint density at radius 2 is 1.92 bits per heavy atom. The lowest BCUT2D eigenvalue weighted by molar-refractivity contribution is -0.136. The van der Waals surface area contributed by atoms with Gasteiger partial charge < -0.3 is 20.5 Å². The van der Waals surface area contributed by atoms with Crippen molar-refractivity contribution in [2.45, 2.75) is 31.9 Å². The van der Waals surface area contributed by atoms with Crippen LogP contribution in [0.4, 0.5) is 23.9 Å². The van der Waals surface area contributed by atoms with Crippen LogP contribution >= 0.6 is 22.7 Å². The molecule has 0 aliphatic heterocycles. The molecule has 1 aliphatic carbocycles. The Kier molecular flexibility index (Phi) is 6.66. The predicted octanol–water partition coefficient (Wildman–Crippen LogP) is 6.65. The minimum atomic E-state index is -4.77. The number of benzene rings is 1. The van der Waals surface area contributed by atoms with Gasteiger partial charge >= 0.3 is 6.18 Å². The van der Waals surface area contributed by atoms with Crippen LogP contribution in [-0.2, 0) is 19.0 Å². The molecule has 0 atom stereocenters. The highest BCUT2D eigenvalue weighted by molar-refractivity contribution is 7.21. The first-order chi connectivity index (χ1) is 18.2. The van der Waals surface area contributed by atoms with Crippen molar-refractivity contribution in [1.82, 2.24) is 4.98 Å². The molecule has 1 aliphatic rings. The third kappa shape index (κ3) is 4.41. The van der Waals surface area contributed by atoms with Crippen LogP contribution < -0.4 is 20.5 Å². The number of nitrogen functional groups attached to an aromatic ring is 1. The molecule has 3 aromatic heterocycles. The molecule has 0 saturated heterocycles. The lowest BCUT2D eigenvalue weighted by atomic mass is 9.96. The van der Waals surface area contributed by atoms with E-state index in [9.17, 15) is 23.2 Å². The monoisotopic (exact) mass is 558 g/mol. The smallest absolute Gasteiger partial charge is 0.417 e. The van der Waals surface area contributed by atoms with Crippen molar-refractivity contribution in [2.75, 3.05) is 25.3 Å². The molecule has 0 fully saturated rings. The van der Waals surface area contributed by atoms with Gasteiger partial charge in [0.25, 0.3) is 5.91 Å². The summed E-state index contributed by atoms with van der Waals surface area (Å²) in [5, 5.41) is 12.4. The Hall–Kier alpha value is -3.82. The van der Waals surface area contributed by atoms with Crippen LogP contribution in [0.15, 0.2) is 24.3 Å². The van der Waals surface area contributed by atoms with Gasteiger partial charge in [-0.1, -0.05) is 0 Å². The number of hydrogen-bond donors (Lipinski definition) is 2. The normalized spacial score (nSPS) is 13.2. The number of halogens is 3. The third-order valence-corrected chi connectivity index (χ3v) is 8.71. The van der Waals surface area contributed by atoms with Crippen LogP contribution in [0, 0.1) is 11.3 Å². The van der Waals surface area contributed by atoms with Crippen molar-refractivity contribution in [3.8, 4) is 28.8 Å². The number of rotatable bonds is 5. The average Bonchev–Trinajstić information content (AvgIpc) is 3.43. The SMILES string of the molecule is COc1ccc(OC)c(-c2cc(C(F)(F)F)c3c(N)c(C(=O)Nc4sc5c(c4C#N)CCCC5)sc3n2)c1. The zero-order valence-corrected chi connectivity index (χ0v) is 21.9. The number of nitrogens with one attached hydrogen (secondary N) is 1. The zero-order valence-electron chi connectivity index (χ0n) is 20.3. The lowest BCUT2D eigenvalue weighted by Gasteiger charge is -2.14. The fourth-order valence-electron chi connectivity index (χ4n) is 4.60. The number of thiophene rings is 2. The highest BCUT2D eigenvalue weighted by atomic mass is 32.1. The topological polar surface area (TPSA) is 110 Å². The summed E-state index contributed by atoms with van der Waals surface area (Å²) in [4.78, 5) is 18.6.